The lowest BCUT2D eigenvalue weighted by Crippen LogP contribution is -2.67. The van der Waals surface area contributed by atoms with Gasteiger partial charge in [-0.25, -0.2) is 0 Å². The number of aliphatic hydroxyl groups excluding tert-OH is 1. The van der Waals surface area contributed by atoms with E-state index >= 15 is 0 Å². The molecule has 4 nitrogen and oxygen atoms in total. The number of allylic oxidation sites excluding steroid dienone is 4. The second-order valence-corrected chi connectivity index (χ2v) is 15.7. The van der Waals surface area contributed by atoms with Crippen molar-refractivity contribution in [2.24, 2.45) is 33.5 Å². The summed E-state index contributed by atoms with van der Waals surface area (Å²) >= 11 is 1.61. The second kappa shape index (κ2) is 8.38. The topological polar surface area (TPSA) is 60.8 Å². The zero-order chi connectivity index (χ0) is 26.6. The van der Waals surface area contributed by atoms with Crippen LogP contribution in [0, 0.1) is 40.4 Å². The molecule has 0 amide bonds. The first kappa shape index (κ1) is 25.7. The maximum atomic E-state index is 14.5. The zero-order valence-corrected chi connectivity index (χ0v) is 24.3. The number of nitrogens with zero attached hydrogens (tertiary/aromatic N) is 1. The molecule has 5 heteroatoms. The van der Waals surface area contributed by atoms with Gasteiger partial charge in [-0.15, -0.1) is 11.3 Å². The fourth-order valence-corrected chi connectivity index (χ4v) is 11.6. The van der Waals surface area contributed by atoms with Gasteiger partial charge < -0.3 is 15.1 Å². The molecule has 8 rings (SSSR count). The molecule has 1 aromatic rings. The first-order valence-electron chi connectivity index (χ1n) is 15.2. The van der Waals surface area contributed by atoms with Crippen LogP contribution >= 0.6 is 11.3 Å². The van der Waals surface area contributed by atoms with Crippen LogP contribution in [0.3, 0.4) is 0 Å². The lowest BCUT2D eigenvalue weighted by molar-refractivity contribution is -0.176. The Bertz CT molecular complexity index is 1210. The molecule has 0 aromatic carbocycles. The zero-order valence-electron chi connectivity index (χ0n) is 23.5. The molecule has 2 N–H and O–H groups in total. The molecular formula is C33H45NO3S. The number of hydrogen-bond donors (Lipinski definition) is 2. The van der Waals surface area contributed by atoms with E-state index in [0.29, 0.717) is 12.3 Å². The Morgan fingerprint density at radius 3 is 2.45 bits per heavy atom. The number of hydrogen-bond acceptors (Lipinski definition) is 5. The van der Waals surface area contributed by atoms with Crippen LogP contribution in [0.15, 0.2) is 35.9 Å². The third kappa shape index (κ3) is 3.17. The SMILES string of the molecule is Cc1ccc(C(=O)C2=CC34C=CC25C(CCC2(C)C5CCC2(O)CN2CCCCC2)C3(C)CCC(O)C4)s1. The molecule has 38 heavy (non-hydrogen) atoms. The third-order valence-corrected chi connectivity index (χ3v) is 13.9. The molecule has 6 aliphatic carbocycles. The summed E-state index contributed by atoms with van der Waals surface area (Å²) in [6.45, 7) is 9.88. The van der Waals surface area contributed by atoms with Crippen molar-refractivity contribution in [2.45, 2.75) is 96.7 Å². The van der Waals surface area contributed by atoms with Gasteiger partial charge >= 0.3 is 0 Å². The summed E-state index contributed by atoms with van der Waals surface area (Å²) in [5, 5.41) is 23.3. The minimum Gasteiger partial charge on any atom is -0.393 e. The maximum Gasteiger partial charge on any atom is 0.199 e. The fraction of sp³-hybridized carbons (Fsp3) is 0.727. The molecule has 8 unspecified atom stereocenters. The minimum atomic E-state index is -0.716. The van der Waals surface area contributed by atoms with Gasteiger partial charge in [-0.1, -0.05) is 38.5 Å². The van der Waals surface area contributed by atoms with E-state index in [4.69, 9.17) is 0 Å². The number of ketones is 1. The van der Waals surface area contributed by atoms with Crippen LogP contribution in [0.25, 0.3) is 0 Å². The van der Waals surface area contributed by atoms with E-state index in [9.17, 15) is 15.0 Å². The van der Waals surface area contributed by atoms with Gasteiger partial charge in [0.05, 0.1) is 16.6 Å². The van der Waals surface area contributed by atoms with Gasteiger partial charge in [0, 0.05) is 33.2 Å². The molecule has 8 atom stereocenters. The summed E-state index contributed by atoms with van der Waals surface area (Å²) in [5.41, 5.74) is -0.524. The van der Waals surface area contributed by atoms with E-state index in [0.717, 1.165) is 68.6 Å². The highest BCUT2D eigenvalue weighted by atomic mass is 32.1. The van der Waals surface area contributed by atoms with Gasteiger partial charge in [-0.05, 0) is 107 Å². The average molecular weight is 536 g/mol. The van der Waals surface area contributed by atoms with E-state index in [1.165, 1.54) is 24.1 Å². The number of piperidine rings is 1. The number of carbonyl (C=O) groups excluding carboxylic acids is 1. The number of likely N-dealkylation sites (tertiary alicyclic amines) is 1. The quantitative estimate of drug-likeness (QED) is 0.350. The molecule has 2 heterocycles. The molecule has 2 spiro atoms. The van der Waals surface area contributed by atoms with E-state index in [1.54, 1.807) is 11.3 Å². The summed E-state index contributed by atoms with van der Waals surface area (Å²) in [6.07, 6.45) is 17.1. The second-order valence-electron chi connectivity index (χ2n) is 14.4. The summed E-state index contributed by atoms with van der Waals surface area (Å²) in [4.78, 5) is 19.0. The number of Topliss-reactive ketones (excluding diaryl/α,β-unsaturated/α-hetero) is 1. The highest BCUT2D eigenvalue weighted by Crippen LogP contribution is 2.78. The molecule has 0 radical (unpaired) electrons. The standard InChI is InChI=1S/C33H45NO3S/c1-22-7-8-25(38-22)28(36)24-20-31-15-16-33(24)26(29(31,2)12-9-23(35)19-31)10-13-30(3)27(33)11-14-32(30,37)21-34-17-5-4-6-18-34/h7-8,15-16,20,23,26-27,35,37H,4-6,9-14,17-19,21H2,1-3H3. The Balaban J connectivity index is 1.36. The summed E-state index contributed by atoms with van der Waals surface area (Å²) < 4.78 is 0. The number of carbonyl (C=O) groups is 1. The van der Waals surface area contributed by atoms with Crippen LogP contribution < -0.4 is 0 Å². The third-order valence-electron chi connectivity index (χ3n) is 12.9. The van der Waals surface area contributed by atoms with Crippen molar-refractivity contribution in [3.05, 3.63) is 45.7 Å². The Kier molecular flexibility index (Phi) is 5.66. The number of fused-ring (bicyclic) bond motifs is 1. The van der Waals surface area contributed by atoms with Crippen LogP contribution in [-0.2, 0) is 0 Å². The van der Waals surface area contributed by atoms with Crippen molar-refractivity contribution in [1.82, 2.24) is 4.90 Å². The van der Waals surface area contributed by atoms with Crippen LogP contribution in [-0.4, -0.2) is 52.2 Å². The van der Waals surface area contributed by atoms with Gasteiger partial charge in [0.15, 0.2) is 5.78 Å². The molecule has 4 fully saturated rings. The normalized spacial score (nSPS) is 47.8. The number of β-amino-alcohol motifs (C(OH)–C–C–N with tert-alkyl or cyclic N) is 1. The van der Waals surface area contributed by atoms with Crippen molar-refractivity contribution in [2.75, 3.05) is 19.6 Å². The van der Waals surface area contributed by atoms with Crippen molar-refractivity contribution in [3.8, 4) is 0 Å². The van der Waals surface area contributed by atoms with Gasteiger partial charge in [-0.3, -0.25) is 4.79 Å². The molecule has 7 aliphatic rings. The minimum absolute atomic E-state index is 0.0328. The van der Waals surface area contributed by atoms with Crippen LogP contribution in [0.5, 0.6) is 0 Å². The molecule has 206 valence electrons. The first-order chi connectivity index (χ1) is 18.1. The predicted molar refractivity (Wildman–Crippen MR) is 152 cm³/mol. The molecule has 2 bridgehead atoms. The summed E-state index contributed by atoms with van der Waals surface area (Å²) in [6, 6.07) is 4.08. The Labute approximate surface area is 232 Å². The molecular weight excluding hydrogens is 490 g/mol. The van der Waals surface area contributed by atoms with Crippen molar-refractivity contribution in [3.63, 3.8) is 0 Å². The van der Waals surface area contributed by atoms with Crippen LogP contribution in [0.2, 0.25) is 0 Å². The van der Waals surface area contributed by atoms with Crippen LogP contribution in [0.1, 0.15) is 92.6 Å². The Hall–Kier alpha value is -1.27. The lowest BCUT2D eigenvalue weighted by Gasteiger charge is -2.71. The number of rotatable bonds is 4. The van der Waals surface area contributed by atoms with Gasteiger partial charge in [0.1, 0.15) is 0 Å². The lowest BCUT2D eigenvalue weighted by atomic mass is 9.32. The maximum absolute atomic E-state index is 14.5. The first-order valence-corrected chi connectivity index (χ1v) is 16.1. The largest absolute Gasteiger partial charge is 0.393 e. The van der Waals surface area contributed by atoms with E-state index in [-0.39, 0.29) is 39.5 Å². The highest BCUT2D eigenvalue weighted by Gasteiger charge is 2.74. The molecule has 1 saturated heterocycles. The number of thiophene rings is 1. The van der Waals surface area contributed by atoms with Crippen LogP contribution in [0.4, 0.5) is 0 Å². The Morgan fingerprint density at radius 2 is 1.71 bits per heavy atom. The van der Waals surface area contributed by atoms with Crippen molar-refractivity contribution in [1.29, 1.82) is 0 Å². The number of aryl methyl sites for hydroxylation is 1. The highest BCUT2D eigenvalue weighted by molar-refractivity contribution is 7.14. The average Bonchev–Trinajstić information content (AvgIpc) is 3.44. The van der Waals surface area contributed by atoms with Gasteiger partial charge in [0.2, 0.25) is 0 Å². The van der Waals surface area contributed by atoms with E-state index in [1.807, 2.05) is 6.07 Å². The predicted octanol–water partition coefficient (Wildman–Crippen LogP) is 6.32. The summed E-state index contributed by atoms with van der Waals surface area (Å²) in [7, 11) is 0. The monoisotopic (exact) mass is 535 g/mol. The van der Waals surface area contributed by atoms with Gasteiger partial charge in [0.25, 0.3) is 0 Å². The summed E-state index contributed by atoms with van der Waals surface area (Å²) in [5.74, 6) is 0.806. The Morgan fingerprint density at radius 1 is 1.00 bits per heavy atom. The van der Waals surface area contributed by atoms with Crippen molar-refractivity contribution < 1.29 is 15.0 Å². The smallest absolute Gasteiger partial charge is 0.199 e. The van der Waals surface area contributed by atoms with E-state index in [2.05, 4.69) is 50.0 Å². The molecule has 1 aliphatic heterocycles. The number of aliphatic hydroxyl groups is 2. The van der Waals surface area contributed by atoms with E-state index < -0.39 is 5.60 Å². The fourth-order valence-electron chi connectivity index (χ4n) is 10.8. The molecule has 3 saturated carbocycles. The van der Waals surface area contributed by atoms with Crippen molar-refractivity contribution >= 4 is 17.1 Å². The molecule has 1 aromatic heterocycles. The van der Waals surface area contributed by atoms with Gasteiger partial charge in [-0.2, -0.15) is 0 Å².